The third-order valence-corrected chi connectivity index (χ3v) is 2.21. The molecule has 0 heterocycles. The Hall–Kier alpha value is -0.260. The van der Waals surface area contributed by atoms with E-state index in [4.69, 9.17) is 0 Å². The van der Waals surface area contributed by atoms with Crippen molar-refractivity contribution in [2.45, 2.75) is 59.3 Å². The lowest BCUT2D eigenvalue weighted by Gasteiger charge is -2.06. The molecule has 0 nitrogen and oxygen atoms in total. The highest BCUT2D eigenvalue weighted by Gasteiger charge is 1.96. The first-order valence-electron chi connectivity index (χ1n) is 5.46. The van der Waals surface area contributed by atoms with Crippen molar-refractivity contribution in [2.24, 2.45) is 5.92 Å². The largest absolute Gasteiger partial charge is 0.0885 e. The van der Waals surface area contributed by atoms with Crippen molar-refractivity contribution in [3.05, 3.63) is 12.2 Å². The van der Waals surface area contributed by atoms with E-state index in [1.807, 2.05) is 0 Å². The molecule has 0 aromatic heterocycles. The molecule has 0 N–H and O–H groups in total. The molecule has 0 saturated carbocycles. The van der Waals surface area contributed by atoms with Crippen LogP contribution in [0.5, 0.6) is 0 Å². The van der Waals surface area contributed by atoms with Crippen LogP contribution in [0.3, 0.4) is 0 Å². The normalized spacial score (nSPS) is 13.9. The molecule has 12 heavy (non-hydrogen) atoms. The summed E-state index contributed by atoms with van der Waals surface area (Å²) in [6, 6.07) is 0. The zero-order valence-corrected chi connectivity index (χ0v) is 8.97. The Labute approximate surface area is 78.1 Å². The second-order valence-electron chi connectivity index (χ2n) is 3.74. The van der Waals surface area contributed by atoms with Gasteiger partial charge in [0, 0.05) is 0 Å². The molecular formula is C12H24. The van der Waals surface area contributed by atoms with Crippen LogP contribution in [0.2, 0.25) is 0 Å². The lowest BCUT2D eigenvalue weighted by Crippen LogP contribution is -1.91. The van der Waals surface area contributed by atoms with Gasteiger partial charge >= 0.3 is 0 Å². The Kier molecular flexibility index (Phi) is 8.64. The minimum Gasteiger partial charge on any atom is -0.0885 e. The fourth-order valence-electron chi connectivity index (χ4n) is 1.28. The van der Waals surface area contributed by atoms with Crippen LogP contribution in [0, 0.1) is 5.92 Å². The van der Waals surface area contributed by atoms with E-state index >= 15 is 0 Å². The lowest BCUT2D eigenvalue weighted by molar-refractivity contribution is 0.511. The molecule has 0 bridgehead atoms. The van der Waals surface area contributed by atoms with Gasteiger partial charge in [0.2, 0.25) is 0 Å². The quantitative estimate of drug-likeness (QED) is 0.489. The van der Waals surface area contributed by atoms with E-state index in [1.54, 1.807) is 0 Å². The smallest absolute Gasteiger partial charge is 0.0325 e. The minimum absolute atomic E-state index is 0.887. The van der Waals surface area contributed by atoms with Crippen LogP contribution in [0.15, 0.2) is 12.2 Å². The van der Waals surface area contributed by atoms with Crippen LogP contribution in [-0.4, -0.2) is 0 Å². The van der Waals surface area contributed by atoms with Gasteiger partial charge in [-0.3, -0.25) is 0 Å². The Bertz CT molecular complexity index is 103. The molecule has 0 saturated heterocycles. The summed E-state index contributed by atoms with van der Waals surface area (Å²) >= 11 is 0. The van der Waals surface area contributed by atoms with Gasteiger partial charge in [-0.15, -0.1) is 0 Å². The Morgan fingerprint density at radius 3 is 2.42 bits per heavy atom. The summed E-state index contributed by atoms with van der Waals surface area (Å²) < 4.78 is 0. The molecule has 0 aromatic carbocycles. The first-order valence-corrected chi connectivity index (χ1v) is 5.46. The lowest BCUT2D eigenvalue weighted by atomic mass is 10.0. The predicted octanol–water partition coefficient (Wildman–Crippen LogP) is 4.56. The second-order valence-corrected chi connectivity index (χ2v) is 3.74. The van der Waals surface area contributed by atoms with Crippen LogP contribution >= 0.6 is 0 Å². The topological polar surface area (TPSA) is 0 Å². The van der Waals surface area contributed by atoms with Gasteiger partial charge in [-0.05, 0) is 18.8 Å². The van der Waals surface area contributed by atoms with Crippen molar-refractivity contribution in [1.82, 2.24) is 0 Å². The molecule has 0 amide bonds. The van der Waals surface area contributed by atoms with Gasteiger partial charge in [-0.2, -0.15) is 0 Å². The van der Waals surface area contributed by atoms with Gasteiger partial charge < -0.3 is 0 Å². The molecule has 0 radical (unpaired) electrons. The molecule has 0 rings (SSSR count). The SMILES string of the molecule is CCC/C=C/CC(C)CCCC. The maximum absolute atomic E-state index is 2.35. The summed E-state index contributed by atoms with van der Waals surface area (Å²) in [6.45, 7) is 6.84. The fraction of sp³-hybridized carbons (Fsp3) is 0.833. The zero-order chi connectivity index (χ0) is 9.23. The van der Waals surface area contributed by atoms with Gasteiger partial charge in [0.05, 0.1) is 0 Å². The molecule has 0 aliphatic rings. The molecule has 0 aromatic rings. The molecule has 0 spiro atoms. The third-order valence-electron chi connectivity index (χ3n) is 2.21. The summed E-state index contributed by atoms with van der Waals surface area (Å²) in [5, 5.41) is 0. The Morgan fingerprint density at radius 2 is 1.83 bits per heavy atom. The highest BCUT2D eigenvalue weighted by molar-refractivity contribution is 4.82. The molecule has 0 aliphatic carbocycles. The summed E-state index contributed by atoms with van der Waals surface area (Å²) in [7, 11) is 0. The summed E-state index contributed by atoms with van der Waals surface area (Å²) in [6.07, 6.45) is 12.6. The van der Waals surface area contributed by atoms with Gasteiger partial charge in [-0.1, -0.05) is 58.6 Å². The van der Waals surface area contributed by atoms with Crippen molar-refractivity contribution in [2.75, 3.05) is 0 Å². The molecular weight excluding hydrogens is 144 g/mol. The average Bonchev–Trinajstić information content (AvgIpc) is 2.09. The first kappa shape index (κ1) is 11.7. The zero-order valence-electron chi connectivity index (χ0n) is 8.97. The highest BCUT2D eigenvalue weighted by atomic mass is 14.0. The average molecular weight is 168 g/mol. The van der Waals surface area contributed by atoms with Crippen molar-refractivity contribution >= 4 is 0 Å². The maximum Gasteiger partial charge on any atom is -0.0325 e. The van der Waals surface area contributed by atoms with Crippen LogP contribution in [0.1, 0.15) is 59.3 Å². The summed E-state index contributed by atoms with van der Waals surface area (Å²) in [5.41, 5.74) is 0. The van der Waals surface area contributed by atoms with Gasteiger partial charge in [0.15, 0.2) is 0 Å². The summed E-state index contributed by atoms with van der Waals surface area (Å²) in [5.74, 6) is 0.887. The maximum atomic E-state index is 2.35. The number of hydrogen-bond acceptors (Lipinski definition) is 0. The van der Waals surface area contributed by atoms with Crippen molar-refractivity contribution in [3.8, 4) is 0 Å². The van der Waals surface area contributed by atoms with E-state index in [1.165, 1.54) is 38.5 Å². The Balaban J connectivity index is 3.23. The van der Waals surface area contributed by atoms with E-state index < -0.39 is 0 Å². The molecule has 0 heteroatoms. The number of rotatable bonds is 7. The molecule has 1 atom stereocenters. The highest BCUT2D eigenvalue weighted by Crippen LogP contribution is 2.12. The van der Waals surface area contributed by atoms with Crippen molar-refractivity contribution in [1.29, 1.82) is 0 Å². The van der Waals surface area contributed by atoms with E-state index in [0.29, 0.717) is 0 Å². The van der Waals surface area contributed by atoms with Crippen LogP contribution in [0.25, 0.3) is 0 Å². The van der Waals surface area contributed by atoms with E-state index in [-0.39, 0.29) is 0 Å². The second kappa shape index (κ2) is 8.83. The molecule has 1 unspecified atom stereocenters. The first-order chi connectivity index (χ1) is 5.81. The van der Waals surface area contributed by atoms with Crippen LogP contribution in [-0.2, 0) is 0 Å². The molecule has 72 valence electrons. The van der Waals surface area contributed by atoms with Gasteiger partial charge in [0.25, 0.3) is 0 Å². The molecule has 0 aliphatic heterocycles. The van der Waals surface area contributed by atoms with Gasteiger partial charge in [0.1, 0.15) is 0 Å². The van der Waals surface area contributed by atoms with Crippen molar-refractivity contribution in [3.63, 3.8) is 0 Å². The van der Waals surface area contributed by atoms with E-state index in [9.17, 15) is 0 Å². The fourth-order valence-corrected chi connectivity index (χ4v) is 1.28. The van der Waals surface area contributed by atoms with Gasteiger partial charge in [-0.25, -0.2) is 0 Å². The number of unbranched alkanes of at least 4 members (excludes halogenated alkanes) is 2. The minimum atomic E-state index is 0.887. The van der Waals surface area contributed by atoms with Crippen molar-refractivity contribution < 1.29 is 0 Å². The standard InChI is InChI=1S/C12H24/c1-4-6-8-9-11-12(3)10-7-5-2/h8-9,12H,4-7,10-11H2,1-3H3/b9-8+. The Morgan fingerprint density at radius 1 is 1.08 bits per heavy atom. The predicted molar refractivity (Wildman–Crippen MR) is 57.4 cm³/mol. The number of allylic oxidation sites excluding steroid dienone is 2. The number of hydrogen-bond donors (Lipinski definition) is 0. The third kappa shape index (κ3) is 7.84. The van der Waals surface area contributed by atoms with Crippen LogP contribution < -0.4 is 0 Å². The van der Waals surface area contributed by atoms with Crippen LogP contribution in [0.4, 0.5) is 0 Å². The summed E-state index contributed by atoms with van der Waals surface area (Å²) in [4.78, 5) is 0. The van der Waals surface area contributed by atoms with E-state index in [2.05, 4.69) is 32.9 Å². The van der Waals surface area contributed by atoms with E-state index in [0.717, 1.165) is 5.92 Å². The monoisotopic (exact) mass is 168 g/mol. The molecule has 0 fully saturated rings.